The fourth-order valence-corrected chi connectivity index (χ4v) is 2.64. The van der Waals surface area contributed by atoms with Crippen LogP contribution in [0, 0.1) is 5.82 Å². The summed E-state index contributed by atoms with van der Waals surface area (Å²) in [7, 11) is 3.31. The molecule has 0 aromatic heterocycles. The van der Waals surface area contributed by atoms with E-state index >= 15 is 0 Å². The van der Waals surface area contributed by atoms with Crippen molar-refractivity contribution in [1.29, 1.82) is 0 Å². The Hall–Kier alpha value is -1.35. The lowest BCUT2D eigenvalue weighted by Crippen LogP contribution is -2.36. The molecule has 2 rings (SSSR count). The first-order valence-electron chi connectivity index (χ1n) is 7.14. The van der Waals surface area contributed by atoms with Gasteiger partial charge in [0, 0.05) is 25.7 Å². The highest BCUT2D eigenvalue weighted by molar-refractivity contribution is 14.0. The minimum atomic E-state index is -0.227. The number of guanidine groups is 1. The van der Waals surface area contributed by atoms with E-state index in [2.05, 4.69) is 31.6 Å². The molecule has 0 spiro atoms. The van der Waals surface area contributed by atoms with Crippen LogP contribution in [0.2, 0.25) is 0 Å². The van der Waals surface area contributed by atoms with Gasteiger partial charge in [0.2, 0.25) is 0 Å². The number of hydrogen-bond acceptors (Lipinski definition) is 2. The van der Waals surface area contributed by atoms with E-state index in [1.54, 1.807) is 26.3 Å². The molecule has 0 aliphatic heterocycles. The van der Waals surface area contributed by atoms with Crippen LogP contribution in [0.25, 0.3) is 0 Å². The molecule has 0 saturated heterocycles. The molecule has 24 heavy (non-hydrogen) atoms. The van der Waals surface area contributed by atoms with Crippen molar-refractivity contribution in [2.75, 3.05) is 14.2 Å². The molecule has 0 heterocycles. The van der Waals surface area contributed by atoms with Crippen molar-refractivity contribution in [3.8, 4) is 5.75 Å². The lowest BCUT2D eigenvalue weighted by atomic mass is 10.2. The quantitative estimate of drug-likeness (QED) is 0.364. The predicted molar refractivity (Wildman–Crippen MR) is 110 cm³/mol. The van der Waals surface area contributed by atoms with Crippen molar-refractivity contribution in [2.24, 2.45) is 4.99 Å². The number of nitrogens with one attached hydrogen (secondary N) is 2. The molecule has 0 radical (unpaired) electrons. The molecule has 130 valence electrons. The van der Waals surface area contributed by atoms with Gasteiger partial charge in [0.05, 0.1) is 11.6 Å². The highest BCUT2D eigenvalue weighted by atomic mass is 127. The number of hydrogen-bond donors (Lipinski definition) is 2. The molecule has 0 saturated carbocycles. The zero-order chi connectivity index (χ0) is 16.7. The van der Waals surface area contributed by atoms with E-state index in [9.17, 15) is 4.39 Å². The fourth-order valence-electron chi connectivity index (χ4n) is 2.05. The van der Waals surface area contributed by atoms with E-state index in [1.807, 2.05) is 24.3 Å². The maximum absolute atomic E-state index is 13.6. The Morgan fingerprint density at radius 2 is 1.88 bits per heavy atom. The number of benzene rings is 2. The summed E-state index contributed by atoms with van der Waals surface area (Å²) in [6.07, 6.45) is 0. The molecule has 0 fully saturated rings. The van der Waals surface area contributed by atoms with Gasteiger partial charge in [-0.1, -0.05) is 24.3 Å². The van der Waals surface area contributed by atoms with Gasteiger partial charge >= 0.3 is 0 Å². The second-order valence-corrected chi connectivity index (χ2v) is 5.69. The monoisotopic (exact) mass is 507 g/mol. The largest absolute Gasteiger partial charge is 0.496 e. The standard InChI is InChI=1S/C17H19BrFN3O.HI/c1-20-17(22-11-13-5-3-4-6-15(13)19)21-10-12-7-8-16(23-2)14(18)9-12;/h3-9H,10-11H2,1-2H3,(H2,20,21,22);1H. The molecular formula is C17H20BrFIN3O. The van der Waals surface area contributed by atoms with E-state index in [0.717, 1.165) is 15.8 Å². The number of methoxy groups -OCH3 is 1. The van der Waals surface area contributed by atoms with E-state index in [-0.39, 0.29) is 29.8 Å². The predicted octanol–water partition coefficient (Wildman–Crippen LogP) is 4.08. The summed E-state index contributed by atoms with van der Waals surface area (Å²) in [4.78, 5) is 4.14. The van der Waals surface area contributed by atoms with Crippen molar-refractivity contribution in [2.45, 2.75) is 13.1 Å². The minimum Gasteiger partial charge on any atom is -0.496 e. The highest BCUT2D eigenvalue weighted by Crippen LogP contribution is 2.25. The summed E-state index contributed by atoms with van der Waals surface area (Å²) < 4.78 is 19.7. The topological polar surface area (TPSA) is 45.7 Å². The van der Waals surface area contributed by atoms with E-state index < -0.39 is 0 Å². The maximum Gasteiger partial charge on any atom is 0.191 e. The second kappa shape index (κ2) is 10.5. The van der Waals surface area contributed by atoms with Gasteiger partial charge in [-0.25, -0.2) is 4.39 Å². The van der Waals surface area contributed by atoms with Crippen molar-refractivity contribution in [3.63, 3.8) is 0 Å². The summed E-state index contributed by atoms with van der Waals surface area (Å²) >= 11 is 3.46. The van der Waals surface area contributed by atoms with Crippen LogP contribution in [0.15, 0.2) is 51.9 Å². The van der Waals surface area contributed by atoms with E-state index in [0.29, 0.717) is 24.6 Å². The molecule has 2 aromatic carbocycles. The zero-order valence-corrected chi connectivity index (χ0v) is 17.4. The molecule has 7 heteroatoms. The van der Waals surface area contributed by atoms with Crippen LogP contribution in [-0.2, 0) is 13.1 Å². The van der Waals surface area contributed by atoms with Crippen molar-refractivity contribution >= 4 is 45.9 Å². The lowest BCUT2D eigenvalue weighted by molar-refractivity contribution is 0.412. The lowest BCUT2D eigenvalue weighted by Gasteiger charge is -2.13. The molecule has 0 amide bonds. The zero-order valence-electron chi connectivity index (χ0n) is 13.5. The van der Waals surface area contributed by atoms with Crippen molar-refractivity contribution < 1.29 is 9.13 Å². The van der Waals surface area contributed by atoms with Gasteiger partial charge in [0.15, 0.2) is 5.96 Å². The molecule has 0 bridgehead atoms. The van der Waals surface area contributed by atoms with Crippen LogP contribution in [0.3, 0.4) is 0 Å². The van der Waals surface area contributed by atoms with Gasteiger partial charge in [-0.2, -0.15) is 0 Å². The van der Waals surface area contributed by atoms with Gasteiger partial charge in [-0.3, -0.25) is 4.99 Å². The summed E-state index contributed by atoms with van der Waals surface area (Å²) in [5.74, 6) is 1.17. The van der Waals surface area contributed by atoms with Gasteiger partial charge in [-0.15, -0.1) is 24.0 Å². The SMILES string of the molecule is CN=C(NCc1ccc(OC)c(Br)c1)NCc1ccccc1F.I. The van der Waals surface area contributed by atoms with Crippen LogP contribution in [0.5, 0.6) is 5.75 Å². The van der Waals surface area contributed by atoms with Crippen LogP contribution >= 0.6 is 39.9 Å². The Morgan fingerprint density at radius 3 is 2.50 bits per heavy atom. The van der Waals surface area contributed by atoms with Crippen LogP contribution in [0.4, 0.5) is 4.39 Å². The van der Waals surface area contributed by atoms with Gasteiger partial charge in [0.1, 0.15) is 11.6 Å². The smallest absolute Gasteiger partial charge is 0.191 e. The number of ether oxygens (including phenoxy) is 1. The molecule has 2 N–H and O–H groups in total. The van der Waals surface area contributed by atoms with Crippen molar-refractivity contribution in [1.82, 2.24) is 10.6 Å². The molecule has 0 unspecified atom stereocenters. The fraction of sp³-hybridized carbons (Fsp3) is 0.235. The first-order chi connectivity index (χ1) is 11.1. The summed E-state index contributed by atoms with van der Waals surface area (Å²) in [6, 6.07) is 12.5. The maximum atomic E-state index is 13.6. The third kappa shape index (κ3) is 5.94. The number of rotatable bonds is 5. The van der Waals surface area contributed by atoms with Crippen molar-refractivity contribution in [3.05, 3.63) is 63.9 Å². The van der Waals surface area contributed by atoms with Crippen LogP contribution in [0.1, 0.15) is 11.1 Å². The average molecular weight is 508 g/mol. The van der Waals surface area contributed by atoms with Crippen LogP contribution < -0.4 is 15.4 Å². The van der Waals surface area contributed by atoms with E-state index in [4.69, 9.17) is 4.74 Å². The molecule has 0 aliphatic carbocycles. The normalized spacial score (nSPS) is 10.8. The Balaban J connectivity index is 0.00000288. The third-order valence-electron chi connectivity index (χ3n) is 3.30. The molecule has 2 aromatic rings. The molecule has 0 aliphatic rings. The Bertz CT molecular complexity index is 697. The Kier molecular flexibility index (Phi) is 9.05. The first kappa shape index (κ1) is 20.7. The number of aliphatic imine (C=N–C) groups is 1. The number of halogens is 3. The van der Waals surface area contributed by atoms with Gasteiger partial charge in [0.25, 0.3) is 0 Å². The second-order valence-electron chi connectivity index (χ2n) is 4.84. The molecule has 0 atom stereocenters. The summed E-state index contributed by atoms with van der Waals surface area (Å²) in [5, 5.41) is 6.29. The van der Waals surface area contributed by atoms with Crippen LogP contribution in [-0.4, -0.2) is 20.1 Å². The highest BCUT2D eigenvalue weighted by Gasteiger charge is 2.04. The third-order valence-corrected chi connectivity index (χ3v) is 3.92. The average Bonchev–Trinajstić information content (AvgIpc) is 2.56. The summed E-state index contributed by atoms with van der Waals surface area (Å²) in [6.45, 7) is 0.970. The van der Waals surface area contributed by atoms with Gasteiger partial charge in [-0.05, 0) is 39.7 Å². The molecule has 4 nitrogen and oxygen atoms in total. The van der Waals surface area contributed by atoms with Gasteiger partial charge < -0.3 is 15.4 Å². The number of nitrogens with zero attached hydrogens (tertiary/aromatic N) is 1. The minimum absolute atomic E-state index is 0. The Labute approximate surface area is 167 Å². The summed E-state index contributed by atoms with van der Waals surface area (Å²) in [5.41, 5.74) is 1.68. The first-order valence-corrected chi connectivity index (χ1v) is 7.93. The molecular weight excluding hydrogens is 488 g/mol. The van der Waals surface area contributed by atoms with E-state index in [1.165, 1.54) is 6.07 Å². The Morgan fingerprint density at radius 1 is 1.17 bits per heavy atom.